The van der Waals surface area contributed by atoms with Crippen molar-refractivity contribution in [1.82, 2.24) is 0 Å². The highest BCUT2D eigenvalue weighted by molar-refractivity contribution is 5.58. The molecule has 4 aromatic carbocycles. The molecule has 0 heterocycles. The summed E-state index contributed by atoms with van der Waals surface area (Å²) in [6, 6.07) is 20.3. The van der Waals surface area contributed by atoms with Gasteiger partial charge in [-0.25, -0.2) is 0 Å². The van der Waals surface area contributed by atoms with Gasteiger partial charge in [0.05, 0.1) is 18.1 Å². The SMILES string of the molecule is CCCOc1c2cccc1Cc1cccc(c1O)Cc1cc([N+](=O)[O-])cc(c1OCCC)Cc1cccc(c1O)C2. The number of fused-ring (bicyclic) bond motifs is 8. The Hall–Kier alpha value is -4.52. The van der Waals surface area contributed by atoms with Gasteiger partial charge in [0.1, 0.15) is 23.0 Å². The van der Waals surface area contributed by atoms with E-state index in [2.05, 4.69) is 6.92 Å². The predicted octanol–water partition coefficient (Wildman–Crippen LogP) is 7.26. The van der Waals surface area contributed by atoms with E-state index in [9.17, 15) is 20.3 Å². The van der Waals surface area contributed by atoms with Gasteiger partial charge in [-0.2, -0.15) is 0 Å². The molecule has 7 heteroatoms. The smallest absolute Gasteiger partial charge is 0.270 e. The van der Waals surface area contributed by atoms with Crippen LogP contribution in [0.3, 0.4) is 0 Å². The molecule has 0 fully saturated rings. The fraction of sp³-hybridized carbons (Fsp3) is 0.294. The van der Waals surface area contributed by atoms with Gasteiger partial charge in [0.15, 0.2) is 0 Å². The molecule has 1 aliphatic carbocycles. The van der Waals surface area contributed by atoms with Crippen LogP contribution >= 0.6 is 0 Å². The fourth-order valence-corrected chi connectivity index (χ4v) is 5.48. The maximum Gasteiger partial charge on any atom is 0.270 e. The van der Waals surface area contributed by atoms with Gasteiger partial charge in [0.2, 0.25) is 0 Å². The fourth-order valence-electron chi connectivity index (χ4n) is 5.48. The monoisotopic (exact) mass is 553 g/mol. The van der Waals surface area contributed by atoms with E-state index in [1.807, 2.05) is 61.5 Å². The topological polar surface area (TPSA) is 102 Å². The maximum absolute atomic E-state index is 12.0. The van der Waals surface area contributed by atoms with Crippen LogP contribution in [0.5, 0.6) is 23.0 Å². The van der Waals surface area contributed by atoms with Crippen LogP contribution in [-0.4, -0.2) is 28.4 Å². The van der Waals surface area contributed by atoms with E-state index < -0.39 is 4.92 Å². The van der Waals surface area contributed by atoms with E-state index in [1.54, 1.807) is 0 Å². The molecule has 0 aliphatic heterocycles. The van der Waals surface area contributed by atoms with E-state index in [0.717, 1.165) is 40.8 Å². The zero-order chi connectivity index (χ0) is 28.9. The van der Waals surface area contributed by atoms with Crippen molar-refractivity contribution in [1.29, 1.82) is 0 Å². The molecule has 1 aliphatic rings. The summed E-state index contributed by atoms with van der Waals surface area (Å²) < 4.78 is 12.5. The number of hydrogen-bond acceptors (Lipinski definition) is 6. The number of hydrogen-bond donors (Lipinski definition) is 2. The standard InChI is InChI=1S/C34H35NO6/c1-3-14-40-33-26-12-7-13-27(33)17-23-9-6-11-25(32(23)37)19-29-21-30(35(38)39)20-28(34(29)41-15-4-2)18-24-10-5-8-22(16-26)31(24)36/h5-13,20-21,36-37H,3-4,14-19H2,1-2H3. The van der Waals surface area contributed by atoms with Crippen LogP contribution < -0.4 is 9.47 Å². The average Bonchev–Trinajstić information content (AvgIpc) is 2.95. The summed E-state index contributed by atoms with van der Waals surface area (Å²) in [5.74, 6) is 1.64. The molecule has 0 radical (unpaired) electrons. The highest BCUT2D eigenvalue weighted by atomic mass is 16.6. The van der Waals surface area contributed by atoms with E-state index >= 15 is 0 Å². The van der Waals surface area contributed by atoms with Gasteiger partial charge in [0, 0.05) is 48.9 Å². The highest BCUT2D eigenvalue weighted by Crippen LogP contribution is 2.39. The predicted molar refractivity (Wildman–Crippen MR) is 159 cm³/mol. The van der Waals surface area contributed by atoms with Crippen LogP contribution in [0.1, 0.15) is 71.2 Å². The number of phenolic OH excluding ortho intramolecular Hbond substituents is 2. The summed E-state index contributed by atoms with van der Waals surface area (Å²) in [5, 5.41) is 34.8. The van der Waals surface area contributed by atoms with E-state index in [1.165, 1.54) is 12.1 Å². The number of nitrogens with zero attached hydrogens (tertiary/aromatic N) is 1. The first-order valence-corrected chi connectivity index (χ1v) is 14.2. The Bertz CT molecular complexity index is 1480. The Morgan fingerprint density at radius 3 is 1.34 bits per heavy atom. The lowest BCUT2D eigenvalue weighted by Gasteiger charge is -2.20. The van der Waals surface area contributed by atoms with E-state index in [-0.39, 0.29) is 30.0 Å². The van der Waals surface area contributed by atoms with Gasteiger partial charge in [-0.15, -0.1) is 0 Å². The number of ether oxygens (including phenoxy) is 2. The summed E-state index contributed by atoms with van der Waals surface area (Å²) in [5.41, 5.74) is 5.84. The zero-order valence-electron chi connectivity index (χ0n) is 23.5. The molecule has 0 amide bonds. The summed E-state index contributed by atoms with van der Waals surface area (Å²) in [4.78, 5) is 11.6. The van der Waals surface area contributed by atoms with Crippen molar-refractivity contribution in [2.45, 2.75) is 52.4 Å². The number of benzene rings is 4. The molecule has 2 N–H and O–H groups in total. The van der Waals surface area contributed by atoms with Crippen molar-refractivity contribution in [3.8, 4) is 23.0 Å². The number of aromatic hydroxyl groups is 2. The van der Waals surface area contributed by atoms with Crippen molar-refractivity contribution in [3.63, 3.8) is 0 Å². The van der Waals surface area contributed by atoms with Crippen molar-refractivity contribution < 1.29 is 24.6 Å². The van der Waals surface area contributed by atoms with E-state index in [4.69, 9.17) is 9.47 Å². The third kappa shape index (κ3) is 5.99. The lowest BCUT2D eigenvalue weighted by Crippen LogP contribution is -2.07. The Morgan fingerprint density at radius 1 is 0.634 bits per heavy atom. The normalized spacial score (nSPS) is 12.5. The van der Waals surface area contributed by atoms with Gasteiger partial charge in [-0.3, -0.25) is 10.1 Å². The van der Waals surface area contributed by atoms with Crippen molar-refractivity contribution in [2.24, 2.45) is 0 Å². The zero-order valence-corrected chi connectivity index (χ0v) is 23.5. The molecule has 8 bridgehead atoms. The molecule has 0 unspecified atom stereocenters. The Balaban J connectivity index is 1.75. The van der Waals surface area contributed by atoms with Gasteiger partial charge in [-0.05, 0) is 46.2 Å². The molecule has 0 aromatic heterocycles. The largest absolute Gasteiger partial charge is 0.507 e. The number of non-ortho nitro benzene ring substituents is 1. The second-order valence-corrected chi connectivity index (χ2v) is 10.5. The molecule has 0 saturated carbocycles. The van der Waals surface area contributed by atoms with Crippen LogP contribution in [-0.2, 0) is 25.7 Å². The molecule has 5 rings (SSSR count). The van der Waals surface area contributed by atoms with Gasteiger partial charge < -0.3 is 19.7 Å². The minimum Gasteiger partial charge on any atom is -0.507 e. The van der Waals surface area contributed by atoms with Crippen LogP contribution in [0.2, 0.25) is 0 Å². The molecule has 212 valence electrons. The molecular formula is C34H35NO6. The highest BCUT2D eigenvalue weighted by Gasteiger charge is 2.23. The molecular weight excluding hydrogens is 518 g/mol. The first-order chi connectivity index (χ1) is 19.9. The van der Waals surface area contributed by atoms with E-state index in [0.29, 0.717) is 54.1 Å². The summed E-state index contributed by atoms with van der Waals surface area (Å²) >= 11 is 0. The maximum atomic E-state index is 12.0. The minimum atomic E-state index is -0.411. The second-order valence-electron chi connectivity index (χ2n) is 10.5. The second kappa shape index (κ2) is 12.3. The van der Waals surface area contributed by atoms with Crippen LogP contribution in [0.15, 0.2) is 66.7 Å². The average molecular weight is 554 g/mol. The molecule has 7 nitrogen and oxygen atoms in total. The van der Waals surface area contributed by atoms with Crippen molar-refractivity contribution in [3.05, 3.63) is 121 Å². The molecule has 41 heavy (non-hydrogen) atoms. The van der Waals surface area contributed by atoms with Gasteiger partial charge in [0.25, 0.3) is 5.69 Å². The Kier molecular flexibility index (Phi) is 8.43. The molecule has 0 spiro atoms. The summed E-state index contributed by atoms with van der Waals surface area (Å²) in [6.45, 7) is 5.05. The number of nitro benzene ring substituents is 1. The first kappa shape index (κ1) is 28.0. The minimum absolute atomic E-state index is 0.0565. The lowest BCUT2D eigenvalue weighted by molar-refractivity contribution is -0.385. The molecule has 0 saturated heterocycles. The summed E-state index contributed by atoms with van der Waals surface area (Å²) in [6.07, 6.45) is 2.99. The summed E-state index contributed by atoms with van der Waals surface area (Å²) in [7, 11) is 0. The number of phenols is 2. The van der Waals surface area contributed by atoms with Crippen LogP contribution in [0, 0.1) is 10.1 Å². The van der Waals surface area contributed by atoms with Crippen molar-refractivity contribution in [2.75, 3.05) is 13.2 Å². The van der Waals surface area contributed by atoms with Gasteiger partial charge >= 0.3 is 0 Å². The Morgan fingerprint density at radius 2 is 0.976 bits per heavy atom. The molecule has 4 aromatic rings. The lowest BCUT2D eigenvalue weighted by atomic mass is 9.91. The quantitative estimate of drug-likeness (QED) is 0.162. The number of para-hydroxylation sites is 3. The third-order valence-corrected chi connectivity index (χ3v) is 7.45. The third-order valence-electron chi connectivity index (χ3n) is 7.45. The van der Waals surface area contributed by atoms with Crippen LogP contribution in [0.4, 0.5) is 5.69 Å². The Labute approximate surface area is 240 Å². The molecule has 0 atom stereocenters. The van der Waals surface area contributed by atoms with Gasteiger partial charge in [-0.1, -0.05) is 68.4 Å². The van der Waals surface area contributed by atoms with Crippen molar-refractivity contribution >= 4 is 5.69 Å². The first-order valence-electron chi connectivity index (χ1n) is 14.2. The number of nitro groups is 1. The van der Waals surface area contributed by atoms with Crippen LogP contribution in [0.25, 0.3) is 0 Å². The number of rotatable bonds is 7.